The molecule has 2 aromatic rings. The number of rotatable bonds is 2. The Morgan fingerprint density at radius 1 is 1.21 bits per heavy atom. The van der Waals surface area contributed by atoms with Gasteiger partial charge < -0.3 is 9.80 Å². The van der Waals surface area contributed by atoms with Crippen LogP contribution in [0.4, 0.5) is 5.69 Å². The van der Waals surface area contributed by atoms with E-state index < -0.39 is 0 Å². The molecule has 2 amide bonds. The van der Waals surface area contributed by atoms with Crippen molar-refractivity contribution in [3.63, 3.8) is 0 Å². The summed E-state index contributed by atoms with van der Waals surface area (Å²) in [6.07, 6.45) is 1.23. The van der Waals surface area contributed by atoms with E-state index in [0.29, 0.717) is 19.5 Å². The molecule has 0 saturated carbocycles. The monoisotopic (exact) mass is 404 g/mol. The molecule has 0 aliphatic carbocycles. The molecular weight excluding hydrogens is 388 g/mol. The van der Waals surface area contributed by atoms with Crippen LogP contribution in [0.2, 0.25) is 0 Å². The van der Waals surface area contributed by atoms with E-state index in [-0.39, 0.29) is 17.7 Å². The van der Waals surface area contributed by atoms with Crippen molar-refractivity contribution in [2.45, 2.75) is 19.4 Å². The molecule has 1 saturated heterocycles. The van der Waals surface area contributed by atoms with Crippen LogP contribution >= 0.6 is 27.3 Å². The molecular formula is C18H17BrN2O2S. The van der Waals surface area contributed by atoms with Crippen molar-refractivity contribution < 1.29 is 9.59 Å². The lowest BCUT2D eigenvalue weighted by Crippen LogP contribution is -2.40. The molecule has 0 radical (unpaired) electrons. The van der Waals surface area contributed by atoms with Crippen molar-refractivity contribution in [2.24, 2.45) is 5.92 Å². The van der Waals surface area contributed by atoms with Crippen LogP contribution in [-0.2, 0) is 22.6 Å². The summed E-state index contributed by atoms with van der Waals surface area (Å²) < 4.78 is 0.977. The van der Waals surface area contributed by atoms with Gasteiger partial charge in [-0.15, -0.1) is 11.3 Å². The molecule has 4 rings (SSSR count). The number of hydrogen-bond acceptors (Lipinski definition) is 3. The number of hydrogen-bond donors (Lipinski definition) is 0. The summed E-state index contributed by atoms with van der Waals surface area (Å²) in [5, 5.41) is 2.09. The summed E-state index contributed by atoms with van der Waals surface area (Å²) in [6.45, 7) is 1.92. The van der Waals surface area contributed by atoms with Crippen LogP contribution in [0, 0.1) is 5.92 Å². The zero-order valence-electron chi connectivity index (χ0n) is 13.1. The summed E-state index contributed by atoms with van der Waals surface area (Å²) in [4.78, 5) is 30.2. The molecule has 24 heavy (non-hydrogen) atoms. The largest absolute Gasteiger partial charge is 0.338 e. The number of fused-ring (bicyclic) bond motifs is 1. The van der Waals surface area contributed by atoms with E-state index in [0.717, 1.165) is 23.1 Å². The van der Waals surface area contributed by atoms with Gasteiger partial charge in [-0.25, -0.2) is 0 Å². The lowest BCUT2D eigenvalue weighted by Gasteiger charge is -2.29. The van der Waals surface area contributed by atoms with Crippen LogP contribution in [-0.4, -0.2) is 29.8 Å². The molecule has 0 spiro atoms. The molecule has 4 nitrogen and oxygen atoms in total. The molecule has 1 aromatic heterocycles. The van der Waals surface area contributed by atoms with Gasteiger partial charge >= 0.3 is 0 Å². The van der Waals surface area contributed by atoms with Gasteiger partial charge in [-0.05, 0) is 47.7 Å². The third-order valence-corrected chi connectivity index (χ3v) is 6.28. The minimum Gasteiger partial charge on any atom is -0.338 e. The van der Waals surface area contributed by atoms with E-state index in [2.05, 4.69) is 27.4 Å². The fourth-order valence-corrected chi connectivity index (χ4v) is 4.59. The third-order valence-electron chi connectivity index (χ3n) is 4.73. The highest BCUT2D eigenvalue weighted by Crippen LogP contribution is 2.30. The van der Waals surface area contributed by atoms with Gasteiger partial charge in [0.2, 0.25) is 11.8 Å². The molecule has 0 bridgehead atoms. The second-order valence-corrected chi connectivity index (χ2v) is 8.18. The molecule has 1 aromatic carbocycles. The van der Waals surface area contributed by atoms with Crippen LogP contribution in [0.25, 0.3) is 0 Å². The number of halogens is 1. The predicted octanol–water partition coefficient (Wildman–Crippen LogP) is 3.45. The quantitative estimate of drug-likeness (QED) is 0.768. The molecule has 0 unspecified atom stereocenters. The molecule has 6 heteroatoms. The molecule has 2 aliphatic rings. The summed E-state index contributed by atoms with van der Waals surface area (Å²) in [7, 11) is 0. The second-order valence-electron chi connectivity index (χ2n) is 6.26. The van der Waals surface area contributed by atoms with Gasteiger partial charge in [-0.2, -0.15) is 0 Å². The maximum absolute atomic E-state index is 12.9. The van der Waals surface area contributed by atoms with Crippen LogP contribution in [0.5, 0.6) is 0 Å². The zero-order chi connectivity index (χ0) is 16.7. The Morgan fingerprint density at radius 3 is 2.79 bits per heavy atom. The van der Waals surface area contributed by atoms with Gasteiger partial charge in [0.25, 0.3) is 0 Å². The number of benzene rings is 1. The number of carbonyl (C=O) groups excluding carboxylic acids is 2. The minimum absolute atomic E-state index is 0.0314. The Labute approximate surface area is 153 Å². The number of thiophene rings is 1. The van der Waals surface area contributed by atoms with E-state index in [9.17, 15) is 9.59 Å². The van der Waals surface area contributed by atoms with Crippen molar-refractivity contribution >= 4 is 44.8 Å². The Morgan fingerprint density at radius 2 is 2.00 bits per heavy atom. The molecule has 124 valence electrons. The first-order chi connectivity index (χ1) is 11.6. The fraction of sp³-hybridized carbons (Fsp3) is 0.333. The van der Waals surface area contributed by atoms with Crippen molar-refractivity contribution in [3.8, 4) is 0 Å². The first-order valence-corrected chi connectivity index (χ1v) is 9.69. The van der Waals surface area contributed by atoms with Gasteiger partial charge in [0.1, 0.15) is 0 Å². The smallest absolute Gasteiger partial charge is 0.228 e. The third kappa shape index (κ3) is 2.89. The lowest BCUT2D eigenvalue weighted by molar-refractivity contribution is -0.136. The summed E-state index contributed by atoms with van der Waals surface area (Å²) >= 11 is 5.17. The number of nitrogens with zero attached hydrogens (tertiary/aromatic N) is 2. The highest BCUT2D eigenvalue weighted by molar-refractivity contribution is 9.10. The molecule has 0 N–H and O–H groups in total. The maximum Gasteiger partial charge on any atom is 0.228 e. The van der Waals surface area contributed by atoms with Crippen LogP contribution in [0.15, 0.2) is 40.2 Å². The first kappa shape index (κ1) is 15.8. The predicted molar refractivity (Wildman–Crippen MR) is 98.0 cm³/mol. The van der Waals surface area contributed by atoms with Gasteiger partial charge in [-0.3, -0.25) is 9.59 Å². The van der Waals surface area contributed by atoms with Gasteiger partial charge in [0.15, 0.2) is 0 Å². The fourth-order valence-electron chi connectivity index (χ4n) is 3.44. The van der Waals surface area contributed by atoms with Crippen LogP contribution in [0.1, 0.15) is 16.9 Å². The number of amides is 2. The van der Waals surface area contributed by atoms with Gasteiger partial charge in [-0.1, -0.05) is 15.9 Å². The normalized spacial score (nSPS) is 20.4. The van der Waals surface area contributed by atoms with Gasteiger partial charge in [0.05, 0.1) is 5.92 Å². The van der Waals surface area contributed by atoms with Crippen molar-refractivity contribution in [1.82, 2.24) is 4.90 Å². The minimum atomic E-state index is -0.235. The highest BCUT2D eigenvalue weighted by atomic mass is 79.9. The second kappa shape index (κ2) is 6.33. The molecule has 1 fully saturated rings. The number of carbonyl (C=O) groups is 2. The topological polar surface area (TPSA) is 40.6 Å². The lowest BCUT2D eigenvalue weighted by atomic mass is 10.0. The van der Waals surface area contributed by atoms with Crippen molar-refractivity contribution in [1.29, 1.82) is 0 Å². The Balaban J connectivity index is 1.47. The standard InChI is InChI=1S/C18H17BrN2O2S/c19-14-1-3-15(4-2-14)21-11-13(9-17(21)22)18(23)20-7-5-16-12(10-20)6-8-24-16/h1-4,6,8,13H,5,7,9-11H2/t13-/m1/s1. The summed E-state index contributed by atoms with van der Waals surface area (Å²) in [5.74, 6) is -0.0925. The Bertz CT molecular complexity index is 787. The van der Waals surface area contributed by atoms with E-state index in [4.69, 9.17) is 0 Å². The molecule has 3 heterocycles. The summed E-state index contributed by atoms with van der Waals surface area (Å²) in [5.41, 5.74) is 2.12. The Kier molecular flexibility index (Phi) is 4.18. The first-order valence-electron chi connectivity index (χ1n) is 8.02. The summed E-state index contributed by atoms with van der Waals surface area (Å²) in [6, 6.07) is 9.76. The van der Waals surface area contributed by atoms with E-state index in [1.165, 1.54) is 10.4 Å². The SMILES string of the molecule is O=C([C@@H]1CC(=O)N(c2ccc(Br)cc2)C1)N1CCc2sccc2C1. The maximum atomic E-state index is 12.9. The Hall–Kier alpha value is -1.66. The van der Waals surface area contributed by atoms with Crippen molar-refractivity contribution in [2.75, 3.05) is 18.0 Å². The zero-order valence-corrected chi connectivity index (χ0v) is 15.5. The van der Waals surface area contributed by atoms with E-state index >= 15 is 0 Å². The highest BCUT2D eigenvalue weighted by Gasteiger charge is 2.37. The average Bonchev–Trinajstić information content (AvgIpc) is 3.20. The molecule has 1 atom stereocenters. The van der Waals surface area contributed by atoms with Gasteiger partial charge in [0, 0.05) is 41.1 Å². The average molecular weight is 405 g/mol. The van der Waals surface area contributed by atoms with E-state index in [1.807, 2.05) is 29.2 Å². The number of anilines is 1. The van der Waals surface area contributed by atoms with Crippen molar-refractivity contribution in [3.05, 3.63) is 50.6 Å². The molecule has 2 aliphatic heterocycles. The van der Waals surface area contributed by atoms with Crippen LogP contribution < -0.4 is 4.90 Å². The van der Waals surface area contributed by atoms with E-state index in [1.54, 1.807) is 16.2 Å². The van der Waals surface area contributed by atoms with Crippen LogP contribution in [0.3, 0.4) is 0 Å².